The monoisotopic (exact) mass is 298 g/mol. The van der Waals surface area contributed by atoms with E-state index in [2.05, 4.69) is 10.3 Å². The van der Waals surface area contributed by atoms with Crippen LogP contribution < -0.4 is 11.1 Å². The molecule has 112 valence electrons. The first kappa shape index (κ1) is 14.1. The Kier molecular flexibility index (Phi) is 3.50. The van der Waals surface area contributed by atoms with Gasteiger partial charge < -0.3 is 15.6 Å². The molecular weight excluding hydrogens is 283 g/mol. The number of para-hydroxylation sites is 2. The Morgan fingerprint density at radius 1 is 1.32 bits per heavy atom. The number of nitrogens with zero attached hydrogens (tertiary/aromatic N) is 2. The highest BCUT2D eigenvalue weighted by Gasteiger charge is 2.18. The minimum absolute atomic E-state index is 0.191. The lowest BCUT2D eigenvalue weighted by molar-refractivity contribution is -0.118. The summed E-state index contributed by atoms with van der Waals surface area (Å²) in [6.45, 7) is 1.77. The van der Waals surface area contributed by atoms with E-state index in [1.165, 1.54) is 18.2 Å². The molecule has 1 amide bonds. The van der Waals surface area contributed by atoms with Gasteiger partial charge in [-0.2, -0.15) is 0 Å². The number of hydrogen-bond acceptors (Lipinski definition) is 3. The van der Waals surface area contributed by atoms with Gasteiger partial charge in [0.1, 0.15) is 11.9 Å². The summed E-state index contributed by atoms with van der Waals surface area (Å²) in [4.78, 5) is 16.6. The van der Waals surface area contributed by atoms with Gasteiger partial charge in [-0.25, -0.2) is 9.37 Å². The normalized spacial score (nSPS) is 12.3. The van der Waals surface area contributed by atoms with Crippen molar-refractivity contribution in [2.45, 2.75) is 13.0 Å². The number of fused-ring (bicyclic) bond motifs is 1. The second-order valence-electron chi connectivity index (χ2n) is 5.04. The molecule has 3 rings (SSSR count). The fraction of sp³-hybridized carbons (Fsp3) is 0.125. The minimum Gasteiger partial charge on any atom is -0.397 e. The molecule has 0 radical (unpaired) electrons. The van der Waals surface area contributed by atoms with Gasteiger partial charge in [-0.05, 0) is 37.3 Å². The summed E-state index contributed by atoms with van der Waals surface area (Å²) >= 11 is 0. The summed E-state index contributed by atoms with van der Waals surface area (Å²) in [5.74, 6) is -0.689. The number of hydrogen-bond donors (Lipinski definition) is 2. The number of amides is 1. The van der Waals surface area contributed by atoms with Crippen LogP contribution in [0.15, 0.2) is 48.8 Å². The Labute approximate surface area is 126 Å². The summed E-state index contributed by atoms with van der Waals surface area (Å²) in [6.07, 6.45) is 1.63. The first-order valence-corrected chi connectivity index (χ1v) is 6.84. The van der Waals surface area contributed by atoms with Crippen LogP contribution >= 0.6 is 0 Å². The Balaban J connectivity index is 1.85. The molecule has 1 unspecified atom stereocenters. The van der Waals surface area contributed by atoms with Gasteiger partial charge >= 0.3 is 0 Å². The largest absolute Gasteiger partial charge is 0.397 e. The van der Waals surface area contributed by atoms with E-state index in [1.54, 1.807) is 17.8 Å². The molecule has 5 nitrogen and oxygen atoms in total. The van der Waals surface area contributed by atoms with Crippen LogP contribution in [0.5, 0.6) is 0 Å². The fourth-order valence-electron chi connectivity index (χ4n) is 2.30. The number of nitrogens with one attached hydrogen (secondary N) is 1. The van der Waals surface area contributed by atoms with Gasteiger partial charge in [-0.1, -0.05) is 12.1 Å². The van der Waals surface area contributed by atoms with Gasteiger partial charge in [0.05, 0.1) is 28.7 Å². The second kappa shape index (κ2) is 5.48. The molecule has 3 N–H and O–H groups in total. The van der Waals surface area contributed by atoms with Gasteiger partial charge in [0.2, 0.25) is 5.91 Å². The number of nitrogens with two attached hydrogens (primary N) is 1. The van der Waals surface area contributed by atoms with Crippen molar-refractivity contribution in [2.75, 3.05) is 11.1 Å². The van der Waals surface area contributed by atoms with E-state index in [4.69, 9.17) is 5.73 Å². The van der Waals surface area contributed by atoms with Crippen molar-refractivity contribution in [3.8, 4) is 0 Å². The number of carbonyl (C=O) groups is 1. The average Bonchev–Trinajstić information content (AvgIpc) is 2.93. The van der Waals surface area contributed by atoms with Crippen molar-refractivity contribution in [3.05, 3.63) is 54.6 Å². The van der Waals surface area contributed by atoms with Crippen LogP contribution in [0.1, 0.15) is 13.0 Å². The highest BCUT2D eigenvalue weighted by Crippen LogP contribution is 2.22. The molecule has 3 aromatic rings. The van der Waals surface area contributed by atoms with E-state index < -0.39 is 11.9 Å². The first-order valence-electron chi connectivity index (χ1n) is 6.84. The third-order valence-electron chi connectivity index (χ3n) is 3.55. The zero-order chi connectivity index (χ0) is 15.7. The van der Waals surface area contributed by atoms with E-state index in [0.29, 0.717) is 5.69 Å². The molecule has 0 saturated heterocycles. The minimum atomic E-state index is -0.475. The molecule has 0 fully saturated rings. The van der Waals surface area contributed by atoms with Crippen LogP contribution in [0.3, 0.4) is 0 Å². The van der Waals surface area contributed by atoms with Gasteiger partial charge in [0, 0.05) is 0 Å². The van der Waals surface area contributed by atoms with Gasteiger partial charge in [-0.15, -0.1) is 0 Å². The molecule has 0 aliphatic rings. The van der Waals surface area contributed by atoms with Crippen LogP contribution in [-0.2, 0) is 4.79 Å². The number of benzene rings is 2. The van der Waals surface area contributed by atoms with Gasteiger partial charge in [-0.3, -0.25) is 4.79 Å². The maximum atomic E-state index is 13.0. The van der Waals surface area contributed by atoms with Crippen molar-refractivity contribution in [2.24, 2.45) is 0 Å². The molecule has 2 aromatic carbocycles. The van der Waals surface area contributed by atoms with Crippen LogP contribution in [0, 0.1) is 5.82 Å². The van der Waals surface area contributed by atoms with Crippen LogP contribution in [0.4, 0.5) is 15.8 Å². The third kappa shape index (κ3) is 2.50. The lowest BCUT2D eigenvalue weighted by Gasteiger charge is -2.15. The molecule has 6 heteroatoms. The standard InChI is InChI=1S/C16H15FN4O/c1-10(21-9-19-14-4-2-3-5-15(14)21)16(22)20-13-7-6-11(17)8-12(13)18/h2-10H,18H2,1H3,(H,20,22). The number of rotatable bonds is 3. The van der Waals surface area contributed by atoms with Crippen LogP contribution in [-0.4, -0.2) is 15.5 Å². The lowest BCUT2D eigenvalue weighted by Crippen LogP contribution is -2.23. The van der Waals surface area contributed by atoms with E-state index >= 15 is 0 Å². The quantitative estimate of drug-likeness (QED) is 0.730. The molecular formula is C16H15FN4O. The van der Waals surface area contributed by atoms with E-state index in [0.717, 1.165) is 11.0 Å². The number of anilines is 2. The predicted molar refractivity (Wildman–Crippen MR) is 83.9 cm³/mol. The molecule has 0 aliphatic carbocycles. The highest BCUT2D eigenvalue weighted by atomic mass is 19.1. The van der Waals surface area contributed by atoms with Crippen molar-refractivity contribution >= 4 is 28.3 Å². The maximum absolute atomic E-state index is 13.0. The molecule has 1 aromatic heterocycles. The Bertz CT molecular complexity index is 843. The van der Waals surface area contributed by atoms with Crippen LogP contribution in [0.2, 0.25) is 0 Å². The lowest BCUT2D eigenvalue weighted by atomic mass is 10.2. The number of halogens is 1. The first-order chi connectivity index (χ1) is 10.6. The second-order valence-corrected chi connectivity index (χ2v) is 5.04. The number of carbonyl (C=O) groups excluding carboxylic acids is 1. The predicted octanol–water partition coefficient (Wildman–Crippen LogP) is 2.96. The van der Waals surface area contributed by atoms with Crippen molar-refractivity contribution in [1.82, 2.24) is 9.55 Å². The van der Waals surface area contributed by atoms with Crippen LogP contribution in [0.25, 0.3) is 11.0 Å². The SMILES string of the molecule is CC(C(=O)Nc1ccc(F)cc1N)n1cnc2ccccc21. The zero-order valence-electron chi connectivity index (χ0n) is 12.0. The average molecular weight is 298 g/mol. The molecule has 1 atom stereocenters. The molecule has 22 heavy (non-hydrogen) atoms. The topological polar surface area (TPSA) is 72.9 Å². The summed E-state index contributed by atoms with van der Waals surface area (Å²) < 4.78 is 14.8. The Morgan fingerprint density at radius 3 is 2.86 bits per heavy atom. The van der Waals surface area contributed by atoms with Crippen molar-refractivity contribution in [1.29, 1.82) is 0 Å². The number of aromatic nitrogens is 2. The molecule has 0 saturated carbocycles. The maximum Gasteiger partial charge on any atom is 0.247 e. The van der Waals surface area contributed by atoms with Gasteiger partial charge in [0.25, 0.3) is 0 Å². The Hall–Kier alpha value is -2.89. The molecule has 1 heterocycles. The molecule has 0 spiro atoms. The van der Waals surface area contributed by atoms with Crippen molar-refractivity contribution < 1.29 is 9.18 Å². The Morgan fingerprint density at radius 2 is 2.09 bits per heavy atom. The zero-order valence-corrected chi connectivity index (χ0v) is 12.0. The summed E-state index contributed by atoms with van der Waals surface area (Å²) in [7, 11) is 0. The number of imidazole rings is 1. The number of nitrogen functional groups attached to an aromatic ring is 1. The van der Waals surface area contributed by atoms with E-state index in [1.807, 2.05) is 24.3 Å². The molecule has 0 aliphatic heterocycles. The summed E-state index contributed by atoms with van der Waals surface area (Å²) in [6, 6.07) is 11.0. The highest BCUT2D eigenvalue weighted by molar-refractivity contribution is 5.96. The fourth-order valence-corrected chi connectivity index (χ4v) is 2.30. The van der Waals surface area contributed by atoms with E-state index in [9.17, 15) is 9.18 Å². The molecule has 0 bridgehead atoms. The van der Waals surface area contributed by atoms with E-state index in [-0.39, 0.29) is 11.6 Å². The smallest absolute Gasteiger partial charge is 0.247 e. The summed E-state index contributed by atoms with van der Waals surface area (Å²) in [5, 5.41) is 2.71. The van der Waals surface area contributed by atoms with Crippen molar-refractivity contribution in [3.63, 3.8) is 0 Å². The third-order valence-corrected chi connectivity index (χ3v) is 3.55. The summed E-state index contributed by atoms with van der Waals surface area (Å²) in [5.41, 5.74) is 7.98. The van der Waals surface area contributed by atoms with Gasteiger partial charge in [0.15, 0.2) is 0 Å².